The van der Waals surface area contributed by atoms with E-state index in [1.165, 1.54) is 26.4 Å². The summed E-state index contributed by atoms with van der Waals surface area (Å²) < 4.78 is 55.2. The summed E-state index contributed by atoms with van der Waals surface area (Å²) in [4.78, 5) is 22.7. The Bertz CT molecular complexity index is 2690. The number of phenolic OH excluding ortho intramolecular Hbond substituents is 4. The van der Waals surface area contributed by atoms with Crippen LogP contribution in [0, 0.1) is 0 Å². The topological polar surface area (TPSA) is 327 Å². The van der Waals surface area contributed by atoms with Crippen LogP contribution >= 0.6 is 0 Å². The smallest absolute Gasteiger partial charge is 0.506 e. The minimum Gasteiger partial charge on any atom is -0.506 e. The number of aromatic hydroxyl groups is 4. The normalized spacial score (nSPS) is 11.5. The van der Waals surface area contributed by atoms with E-state index < -0.39 is 32.2 Å². The van der Waals surface area contributed by atoms with Crippen LogP contribution in [0.2, 0.25) is 0 Å². The van der Waals surface area contributed by atoms with Crippen LogP contribution in [0.25, 0.3) is 21.5 Å². The predicted molar refractivity (Wildman–Crippen MR) is 212 cm³/mol. The number of ether oxygens (including phenoxy) is 2. The van der Waals surface area contributed by atoms with Gasteiger partial charge in [0.05, 0.1) is 35.4 Å². The number of methoxy groups -OCH3 is 2. The van der Waals surface area contributed by atoms with E-state index in [4.69, 9.17) is 10.3 Å². The molecule has 10 N–H and O–H groups in total. The molecule has 0 radical (unpaired) electrons. The summed E-state index contributed by atoms with van der Waals surface area (Å²) in [6, 6.07) is 22.6. The van der Waals surface area contributed by atoms with Gasteiger partial charge in [-0.2, -0.15) is 0 Å². The number of nitrogens with zero attached hydrogens (tertiary/aromatic N) is 4. The molecule has 0 fully saturated rings. The number of phenols is 4. The van der Waals surface area contributed by atoms with Gasteiger partial charge in [-0.15, -0.1) is 20.5 Å². The molecule has 0 spiro atoms. The molecule has 20 nitrogen and oxygen atoms in total. The third-order valence-electron chi connectivity index (χ3n) is 7.90. The monoisotopic (exact) mass is 885 g/mol. The number of benzene rings is 6. The first kappa shape index (κ1) is 44.8. The van der Waals surface area contributed by atoms with Gasteiger partial charge in [-0.1, -0.05) is 36.4 Å². The van der Waals surface area contributed by atoms with Crippen molar-refractivity contribution in [1.82, 2.24) is 0 Å². The molecule has 6 aromatic carbocycles. The van der Waals surface area contributed by atoms with Gasteiger partial charge in [-0.3, -0.25) is 10.6 Å². The molecule has 23 heteroatoms. The SMILES string of the molecule is COC(=O)Nc1cccc2ccc(O)c(N=Nc3cc(S(N)(=O)=O)ccc3O)c12.COC(=O)Nc1cccc2ccc(O)c(N=Nc3cc(S(N)(=O)=O)ccc3O)c12.[Cr].[H+]. The molecule has 306 valence electrons. The number of primary sulfonamides is 2. The van der Waals surface area contributed by atoms with E-state index in [1.54, 1.807) is 48.5 Å². The first-order valence-electron chi connectivity index (χ1n) is 16.2. The number of hydrogen-bond donors (Lipinski definition) is 8. The Kier molecular flexibility index (Phi) is 14.1. The van der Waals surface area contributed by atoms with Crippen LogP contribution < -0.4 is 20.9 Å². The van der Waals surface area contributed by atoms with Gasteiger partial charge < -0.3 is 29.9 Å². The number of anilines is 2. The fourth-order valence-electron chi connectivity index (χ4n) is 5.16. The van der Waals surface area contributed by atoms with Crippen LogP contribution in [0.5, 0.6) is 23.0 Å². The Balaban J connectivity index is 0.000000310. The minimum absolute atomic E-state index is 0. The number of carbonyl (C=O) groups excluding carboxylic acids is 2. The Morgan fingerprint density at radius 2 is 0.915 bits per heavy atom. The number of hydrogen-bond acceptors (Lipinski definition) is 16. The summed E-state index contributed by atoms with van der Waals surface area (Å²) in [5.74, 6) is -1.17. The second-order valence-electron chi connectivity index (χ2n) is 11.7. The molecule has 0 aliphatic heterocycles. The van der Waals surface area contributed by atoms with Gasteiger partial charge in [0.2, 0.25) is 20.0 Å². The van der Waals surface area contributed by atoms with Crippen molar-refractivity contribution in [3.63, 3.8) is 0 Å². The van der Waals surface area contributed by atoms with Gasteiger partial charge in [0, 0.05) is 28.1 Å². The molecule has 0 atom stereocenters. The van der Waals surface area contributed by atoms with Crippen LogP contribution in [0.4, 0.5) is 43.7 Å². The van der Waals surface area contributed by atoms with Gasteiger partial charge >= 0.3 is 13.6 Å². The number of amides is 2. The number of nitrogens with one attached hydrogen (secondary N) is 2. The number of nitrogens with two attached hydrogens (primary N) is 2. The zero-order valence-corrected chi connectivity index (χ0v) is 33.4. The summed E-state index contributed by atoms with van der Waals surface area (Å²) in [7, 11) is -5.61. The van der Waals surface area contributed by atoms with E-state index in [-0.39, 0.29) is 74.3 Å². The molecule has 0 heterocycles. The molecule has 0 saturated carbocycles. The quantitative estimate of drug-likeness (QED) is 0.0710. The molecular formula is C36H33CrN8O12S2+. The molecule has 6 aromatic rings. The Morgan fingerprint density at radius 1 is 0.559 bits per heavy atom. The first-order chi connectivity index (χ1) is 27.4. The van der Waals surface area contributed by atoms with Crippen LogP contribution in [0.3, 0.4) is 0 Å². The van der Waals surface area contributed by atoms with Gasteiger partial charge in [0.25, 0.3) is 0 Å². The third kappa shape index (κ3) is 10.8. The first-order valence-corrected chi connectivity index (χ1v) is 19.2. The Labute approximate surface area is 347 Å². The third-order valence-corrected chi connectivity index (χ3v) is 9.73. The van der Waals surface area contributed by atoms with E-state index in [0.29, 0.717) is 32.9 Å². The molecule has 6 rings (SSSR count). The summed E-state index contributed by atoms with van der Waals surface area (Å²) >= 11 is 0. The predicted octanol–water partition coefficient (Wildman–Crippen LogP) is 7.09. The Hall–Kier alpha value is -6.87. The minimum atomic E-state index is -4.01. The molecule has 0 unspecified atom stereocenters. The van der Waals surface area contributed by atoms with Gasteiger partial charge in [0.15, 0.2) is 0 Å². The number of fused-ring (bicyclic) bond motifs is 2. The van der Waals surface area contributed by atoms with Gasteiger partial charge in [-0.05, 0) is 71.4 Å². The zero-order chi connectivity index (χ0) is 42.4. The van der Waals surface area contributed by atoms with Crippen molar-refractivity contribution in [2.45, 2.75) is 9.79 Å². The van der Waals surface area contributed by atoms with Crippen LogP contribution in [0.1, 0.15) is 1.43 Å². The maximum Gasteiger partial charge on any atom is 1.00 e. The fraction of sp³-hybridized carbons (Fsp3) is 0.0556. The molecule has 0 aromatic heterocycles. The van der Waals surface area contributed by atoms with Crippen LogP contribution in [-0.4, -0.2) is 63.7 Å². The number of azo groups is 2. The molecular weight excluding hydrogens is 853 g/mol. The van der Waals surface area contributed by atoms with Crippen molar-refractivity contribution in [2.24, 2.45) is 30.7 Å². The van der Waals surface area contributed by atoms with E-state index in [9.17, 15) is 46.9 Å². The molecule has 2 amide bonds. The van der Waals surface area contributed by atoms with E-state index in [0.717, 1.165) is 36.4 Å². The molecule has 0 aliphatic rings. The average Bonchev–Trinajstić information content (AvgIpc) is 3.17. The van der Waals surface area contributed by atoms with Crippen molar-refractivity contribution in [3.05, 3.63) is 97.1 Å². The summed E-state index contributed by atoms with van der Waals surface area (Å²) in [6.45, 7) is 0. The van der Waals surface area contributed by atoms with Crippen LogP contribution in [-0.2, 0) is 46.9 Å². The standard InChI is InChI=1S/2C18H16N4O6S.Cr/c2*1-28-18(25)20-12-4-2-3-10-5-7-15(24)17(16(10)12)22-21-13-9-11(29(19,26)27)6-8-14(13)23;/h2*2-9,23-24H,1H3,(H,20,25)(H2,19,26,27);/p+1. The van der Waals surface area contributed by atoms with Crippen molar-refractivity contribution in [3.8, 4) is 23.0 Å². The summed E-state index contributed by atoms with van der Waals surface area (Å²) in [5.41, 5.74) is 0.255. The maximum atomic E-state index is 11.6. The van der Waals surface area contributed by atoms with Crippen molar-refractivity contribution in [1.29, 1.82) is 0 Å². The summed E-state index contributed by atoms with van der Waals surface area (Å²) in [6.07, 6.45) is -1.44. The molecule has 59 heavy (non-hydrogen) atoms. The van der Waals surface area contributed by atoms with Gasteiger partial charge in [0.1, 0.15) is 45.7 Å². The number of sulfonamides is 2. The fourth-order valence-corrected chi connectivity index (χ4v) is 6.23. The largest absolute Gasteiger partial charge is 1.00 e. The molecule has 0 aliphatic carbocycles. The average molecular weight is 886 g/mol. The maximum absolute atomic E-state index is 11.6. The second kappa shape index (κ2) is 18.6. The van der Waals surface area contributed by atoms with Gasteiger partial charge in [-0.25, -0.2) is 36.7 Å². The van der Waals surface area contributed by atoms with Crippen molar-refractivity contribution < 1.29 is 75.1 Å². The number of rotatable bonds is 8. The zero-order valence-electron chi connectivity index (χ0n) is 31.5. The second-order valence-corrected chi connectivity index (χ2v) is 14.8. The molecule has 0 saturated heterocycles. The molecule has 0 bridgehead atoms. The van der Waals surface area contributed by atoms with E-state index in [2.05, 4.69) is 40.6 Å². The van der Waals surface area contributed by atoms with E-state index in [1.807, 2.05) is 0 Å². The van der Waals surface area contributed by atoms with E-state index >= 15 is 0 Å². The number of carbonyl (C=O) groups is 2. The summed E-state index contributed by atoms with van der Waals surface area (Å²) in [5, 5.41) is 73.3. The van der Waals surface area contributed by atoms with Crippen molar-refractivity contribution in [2.75, 3.05) is 24.9 Å². The van der Waals surface area contributed by atoms with Crippen molar-refractivity contribution >= 4 is 87.9 Å². The Morgan fingerprint density at radius 3 is 1.25 bits per heavy atom. The van der Waals surface area contributed by atoms with Crippen LogP contribution in [0.15, 0.2) is 127 Å².